The topological polar surface area (TPSA) is 60.9 Å². The molecule has 0 bridgehead atoms. The van der Waals surface area contributed by atoms with Crippen LogP contribution >= 0.6 is 0 Å². The summed E-state index contributed by atoms with van der Waals surface area (Å²) in [6.45, 7) is 4.65. The van der Waals surface area contributed by atoms with E-state index in [1.807, 2.05) is 4.90 Å². The number of carboxylic acid groups (broad SMARTS) is 1. The highest BCUT2D eigenvalue weighted by atomic mass is 16.4. The number of nitrogens with zero attached hydrogens (tertiary/aromatic N) is 2. The van der Waals surface area contributed by atoms with Gasteiger partial charge in [0, 0.05) is 26.2 Å². The molecule has 5 heteroatoms. The fraction of sp³-hybridized carbons (Fsp3) is 0.846. The van der Waals surface area contributed by atoms with E-state index in [9.17, 15) is 9.59 Å². The first-order valence-corrected chi connectivity index (χ1v) is 6.88. The van der Waals surface area contributed by atoms with Gasteiger partial charge in [-0.2, -0.15) is 0 Å². The summed E-state index contributed by atoms with van der Waals surface area (Å²) in [4.78, 5) is 26.8. The standard InChI is InChI=1S/C13H22N2O3/c1-2-6-14(8-10-3-4-10)13(18)15-7-5-11(9-15)12(16)17/h10-11H,2-9H2,1H3,(H,16,17). The molecule has 1 aliphatic carbocycles. The molecule has 0 radical (unpaired) electrons. The molecule has 2 fully saturated rings. The van der Waals surface area contributed by atoms with Crippen molar-refractivity contribution in [3.8, 4) is 0 Å². The quantitative estimate of drug-likeness (QED) is 0.811. The van der Waals surface area contributed by atoms with E-state index in [1.54, 1.807) is 4.90 Å². The van der Waals surface area contributed by atoms with E-state index in [2.05, 4.69) is 6.92 Å². The van der Waals surface area contributed by atoms with Crippen molar-refractivity contribution in [2.45, 2.75) is 32.6 Å². The minimum atomic E-state index is -0.783. The molecule has 1 saturated carbocycles. The summed E-state index contributed by atoms with van der Waals surface area (Å²) in [5, 5.41) is 8.96. The third-order valence-corrected chi connectivity index (χ3v) is 3.75. The van der Waals surface area contributed by atoms with Crippen molar-refractivity contribution in [1.82, 2.24) is 9.80 Å². The molecule has 2 rings (SSSR count). The van der Waals surface area contributed by atoms with Crippen molar-refractivity contribution in [1.29, 1.82) is 0 Å². The number of amides is 2. The van der Waals surface area contributed by atoms with Crippen LogP contribution in [0.4, 0.5) is 4.79 Å². The first kappa shape index (κ1) is 13.2. The van der Waals surface area contributed by atoms with Gasteiger partial charge < -0.3 is 14.9 Å². The van der Waals surface area contributed by atoms with Crippen LogP contribution in [-0.4, -0.2) is 53.1 Å². The Kier molecular flexibility index (Phi) is 4.09. The van der Waals surface area contributed by atoms with Gasteiger partial charge in [-0.25, -0.2) is 4.79 Å². The molecule has 18 heavy (non-hydrogen) atoms. The normalized spacial score (nSPS) is 23.2. The van der Waals surface area contributed by atoms with Crippen molar-refractivity contribution < 1.29 is 14.7 Å². The fourth-order valence-electron chi connectivity index (χ4n) is 2.48. The van der Waals surface area contributed by atoms with Crippen molar-refractivity contribution in [2.24, 2.45) is 11.8 Å². The summed E-state index contributed by atoms with van der Waals surface area (Å²) < 4.78 is 0. The van der Waals surface area contributed by atoms with Gasteiger partial charge >= 0.3 is 12.0 Å². The molecule has 1 saturated heterocycles. The van der Waals surface area contributed by atoms with E-state index in [1.165, 1.54) is 12.8 Å². The summed E-state index contributed by atoms with van der Waals surface area (Å²) in [7, 11) is 0. The second kappa shape index (κ2) is 5.59. The molecule has 0 aromatic rings. The van der Waals surface area contributed by atoms with Gasteiger partial charge in [0.25, 0.3) is 0 Å². The minimum absolute atomic E-state index is 0.0347. The van der Waals surface area contributed by atoms with E-state index in [4.69, 9.17) is 5.11 Å². The maximum absolute atomic E-state index is 12.3. The lowest BCUT2D eigenvalue weighted by Gasteiger charge is -2.27. The number of urea groups is 1. The Morgan fingerprint density at radius 2 is 2.06 bits per heavy atom. The number of aliphatic carboxylic acids is 1. The van der Waals surface area contributed by atoms with Gasteiger partial charge in [-0.3, -0.25) is 4.79 Å². The number of likely N-dealkylation sites (tertiary alicyclic amines) is 1. The number of carbonyl (C=O) groups excluding carboxylic acids is 1. The van der Waals surface area contributed by atoms with Crippen molar-refractivity contribution >= 4 is 12.0 Å². The maximum atomic E-state index is 12.3. The lowest BCUT2D eigenvalue weighted by molar-refractivity contribution is -0.141. The molecule has 0 aromatic carbocycles. The average Bonchev–Trinajstić information content (AvgIpc) is 3.01. The molecule has 2 aliphatic rings. The lowest BCUT2D eigenvalue weighted by atomic mass is 10.1. The van der Waals surface area contributed by atoms with Gasteiger partial charge in [-0.1, -0.05) is 6.92 Å². The zero-order valence-electron chi connectivity index (χ0n) is 11.0. The van der Waals surface area contributed by atoms with Crippen LogP contribution in [0.1, 0.15) is 32.6 Å². The number of rotatable bonds is 5. The Labute approximate surface area is 108 Å². The van der Waals surface area contributed by atoms with Crippen molar-refractivity contribution in [2.75, 3.05) is 26.2 Å². The van der Waals surface area contributed by atoms with E-state index in [0.29, 0.717) is 25.4 Å². The average molecular weight is 254 g/mol. The molecule has 1 heterocycles. The Hall–Kier alpha value is -1.26. The second-order valence-corrected chi connectivity index (χ2v) is 5.44. The highest BCUT2D eigenvalue weighted by molar-refractivity contribution is 5.77. The largest absolute Gasteiger partial charge is 0.481 e. The van der Waals surface area contributed by atoms with E-state index in [-0.39, 0.29) is 11.9 Å². The zero-order chi connectivity index (χ0) is 13.1. The van der Waals surface area contributed by atoms with Gasteiger partial charge in [0.1, 0.15) is 0 Å². The Morgan fingerprint density at radius 1 is 1.33 bits per heavy atom. The van der Waals surface area contributed by atoms with E-state index < -0.39 is 5.97 Å². The highest BCUT2D eigenvalue weighted by Gasteiger charge is 2.34. The number of carboxylic acids is 1. The summed E-state index contributed by atoms with van der Waals surface area (Å²) in [5.74, 6) is -0.480. The van der Waals surface area contributed by atoms with Gasteiger partial charge in [0.2, 0.25) is 0 Å². The van der Waals surface area contributed by atoms with Crippen LogP contribution in [0.2, 0.25) is 0 Å². The predicted molar refractivity (Wildman–Crippen MR) is 67.3 cm³/mol. The molecule has 1 N–H and O–H groups in total. The Balaban J connectivity index is 1.89. The van der Waals surface area contributed by atoms with E-state index >= 15 is 0 Å². The molecule has 102 valence electrons. The van der Waals surface area contributed by atoms with Crippen LogP contribution in [0.5, 0.6) is 0 Å². The van der Waals surface area contributed by atoms with Gasteiger partial charge in [-0.05, 0) is 31.6 Å². The van der Waals surface area contributed by atoms with Crippen LogP contribution in [0.15, 0.2) is 0 Å². The van der Waals surface area contributed by atoms with Crippen LogP contribution in [-0.2, 0) is 4.79 Å². The molecule has 0 aromatic heterocycles. The number of hydrogen-bond acceptors (Lipinski definition) is 2. The number of hydrogen-bond donors (Lipinski definition) is 1. The minimum Gasteiger partial charge on any atom is -0.481 e. The first-order chi connectivity index (χ1) is 8.61. The SMILES string of the molecule is CCCN(CC1CC1)C(=O)N1CCC(C(=O)O)C1. The molecule has 5 nitrogen and oxygen atoms in total. The van der Waals surface area contributed by atoms with Crippen LogP contribution in [0.3, 0.4) is 0 Å². The summed E-state index contributed by atoms with van der Waals surface area (Å²) in [6.07, 6.45) is 4.00. The Bertz CT molecular complexity index is 328. The van der Waals surface area contributed by atoms with Crippen LogP contribution < -0.4 is 0 Å². The molecule has 1 unspecified atom stereocenters. The maximum Gasteiger partial charge on any atom is 0.320 e. The molecule has 2 amide bonds. The van der Waals surface area contributed by atoms with Crippen molar-refractivity contribution in [3.63, 3.8) is 0 Å². The van der Waals surface area contributed by atoms with Gasteiger partial charge in [0.05, 0.1) is 5.92 Å². The smallest absolute Gasteiger partial charge is 0.320 e. The summed E-state index contributed by atoms with van der Waals surface area (Å²) >= 11 is 0. The van der Waals surface area contributed by atoms with Crippen molar-refractivity contribution in [3.05, 3.63) is 0 Å². The van der Waals surface area contributed by atoms with Crippen LogP contribution in [0.25, 0.3) is 0 Å². The first-order valence-electron chi connectivity index (χ1n) is 6.88. The monoisotopic (exact) mass is 254 g/mol. The molecular formula is C13H22N2O3. The van der Waals surface area contributed by atoms with Gasteiger partial charge in [-0.15, -0.1) is 0 Å². The highest BCUT2D eigenvalue weighted by Crippen LogP contribution is 2.30. The number of carbonyl (C=O) groups is 2. The molecular weight excluding hydrogens is 232 g/mol. The van der Waals surface area contributed by atoms with E-state index in [0.717, 1.165) is 19.5 Å². The molecule has 1 aliphatic heterocycles. The summed E-state index contributed by atoms with van der Waals surface area (Å²) in [6, 6.07) is 0.0347. The van der Waals surface area contributed by atoms with Gasteiger partial charge in [0.15, 0.2) is 0 Å². The summed E-state index contributed by atoms with van der Waals surface area (Å²) in [5.41, 5.74) is 0. The third-order valence-electron chi connectivity index (χ3n) is 3.75. The van der Waals surface area contributed by atoms with Crippen LogP contribution in [0, 0.1) is 11.8 Å². The second-order valence-electron chi connectivity index (χ2n) is 5.44. The molecule has 0 spiro atoms. The fourth-order valence-corrected chi connectivity index (χ4v) is 2.48. The predicted octanol–water partition coefficient (Wildman–Crippen LogP) is 1.63. The third kappa shape index (κ3) is 3.15. The molecule has 1 atom stereocenters. The zero-order valence-corrected chi connectivity index (χ0v) is 11.0. The lowest BCUT2D eigenvalue weighted by Crippen LogP contribution is -2.43. The Morgan fingerprint density at radius 3 is 2.56 bits per heavy atom.